The molecule has 2 atom stereocenters. The molecule has 0 saturated carbocycles. The molecule has 0 aromatic rings. The topological polar surface area (TPSA) is 35.5 Å². The molecule has 0 unspecified atom stereocenters. The molecule has 0 amide bonds. The van der Waals surface area contributed by atoms with Crippen molar-refractivity contribution in [3.63, 3.8) is 0 Å². The highest BCUT2D eigenvalue weighted by atomic mass is 28.4. The van der Waals surface area contributed by atoms with Gasteiger partial charge in [0.1, 0.15) is 6.29 Å². The summed E-state index contributed by atoms with van der Waals surface area (Å²) in [5.74, 6) is 0. The number of rotatable bonds is 13. The summed E-state index contributed by atoms with van der Waals surface area (Å²) in [5, 5.41) is 0.301. The molecule has 184 valence electrons. The van der Waals surface area contributed by atoms with Gasteiger partial charge in [-0.25, -0.2) is 0 Å². The first-order valence-corrected chi connectivity index (χ1v) is 17.8. The van der Waals surface area contributed by atoms with Crippen LogP contribution in [0.25, 0.3) is 0 Å². The summed E-state index contributed by atoms with van der Waals surface area (Å²) in [6.45, 7) is 24.6. The van der Waals surface area contributed by atoms with Gasteiger partial charge in [0.2, 0.25) is 0 Å². The van der Waals surface area contributed by atoms with Gasteiger partial charge < -0.3 is 13.6 Å². The van der Waals surface area contributed by atoms with Gasteiger partial charge in [0.15, 0.2) is 16.6 Å². The largest absolute Gasteiger partial charge is 0.410 e. The van der Waals surface area contributed by atoms with Gasteiger partial charge in [-0.3, -0.25) is 0 Å². The third-order valence-electron chi connectivity index (χ3n) is 6.59. The molecular formula is C27H50O3Si2. The number of carbonyl (C=O) groups excluding carboxylic acids is 1. The van der Waals surface area contributed by atoms with Crippen molar-refractivity contribution in [2.45, 2.75) is 116 Å². The molecular weight excluding hydrogens is 428 g/mol. The monoisotopic (exact) mass is 478 g/mol. The van der Waals surface area contributed by atoms with Crippen LogP contribution in [0.15, 0.2) is 48.6 Å². The minimum atomic E-state index is -1.92. The molecule has 3 nitrogen and oxygen atoms in total. The van der Waals surface area contributed by atoms with E-state index in [1.165, 1.54) is 0 Å². The average Bonchev–Trinajstić information content (AvgIpc) is 2.62. The predicted octanol–water partition coefficient (Wildman–Crippen LogP) is 8.38. The van der Waals surface area contributed by atoms with Crippen LogP contribution in [0.4, 0.5) is 0 Å². The highest BCUT2D eigenvalue weighted by Crippen LogP contribution is 2.38. The van der Waals surface area contributed by atoms with Crippen molar-refractivity contribution >= 4 is 22.9 Å². The fraction of sp³-hybridized carbons (Fsp3) is 0.667. The van der Waals surface area contributed by atoms with Gasteiger partial charge in [-0.15, -0.1) is 0 Å². The van der Waals surface area contributed by atoms with Crippen LogP contribution in [0, 0.1) is 0 Å². The predicted molar refractivity (Wildman–Crippen MR) is 146 cm³/mol. The summed E-state index contributed by atoms with van der Waals surface area (Å²) in [5.41, 5.74) is 0. The quantitative estimate of drug-likeness (QED) is 0.115. The zero-order chi connectivity index (χ0) is 25.1. The van der Waals surface area contributed by atoms with Crippen LogP contribution in [0.1, 0.15) is 67.7 Å². The lowest BCUT2D eigenvalue weighted by Gasteiger charge is -2.38. The standard InChI is InChI=1S/C27H50O3Si2/c1-12-13-16-19-24(29-31(8,9)26(2,3)4)20-17-14-15-18-21-25(22-23-28)30-32(10,11)27(5,6)7/h13-18,20-21,23-25H,12,19,22H2,1-11H3/b15-14-,16-13-,20-17+,21-18+/t24-,25+/m0/s1. The van der Waals surface area contributed by atoms with Crippen LogP contribution < -0.4 is 0 Å². The van der Waals surface area contributed by atoms with Gasteiger partial charge in [-0.2, -0.15) is 0 Å². The van der Waals surface area contributed by atoms with Crippen LogP contribution in [-0.4, -0.2) is 35.1 Å². The van der Waals surface area contributed by atoms with Gasteiger partial charge in [0, 0.05) is 6.42 Å². The minimum absolute atomic E-state index is 0.0806. The first-order valence-electron chi connectivity index (χ1n) is 12.0. The van der Waals surface area contributed by atoms with E-state index >= 15 is 0 Å². The van der Waals surface area contributed by atoms with E-state index in [1.54, 1.807) is 0 Å². The Kier molecular flexibility index (Phi) is 13.2. The van der Waals surface area contributed by atoms with Gasteiger partial charge in [-0.05, 0) is 49.1 Å². The zero-order valence-corrected chi connectivity index (χ0v) is 24.7. The maximum Gasteiger partial charge on any atom is 0.192 e. The van der Waals surface area contributed by atoms with E-state index in [4.69, 9.17) is 8.85 Å². The highest BCUT2D eigenvalue weighted by Gasteiger charge is 2.39. The second kappa shape index (κ2) is 13.6. The fourth-order valence-electron chi connectivity index (χ4n) is 2.44. The van der Waals surface area contributed by atoms with E-state index < -0.39 is 16.6 Å². The van der Waals surface area contributed by atoms with Crippen molar-refractivity contribution in [2.24, 2.45) is 0 Å². The first-order chi connectivity index (χ1) is 14.6. The molecule has 0 aliphatic rings. The second-order valence-corrected chi connectivity index (χ2v) is 21.0. The van der Waals surface area contributed by atoms with Crippen molar-refractivity contribution in [2.75, 3.05) is 0 Å². The maximum absolute atomic E-state index is 11.1. The Morgan fingerprint density at radius 3 is 1.44 bits per heavy atom. The third-order valence-corrected chi connectivity index (χ3v) is 15.6. The average molecular weight is 479 g/mol. The molecule has 0 rings (SSSR count). The second-order valence-electron chi connectivity index (χ2n) is 11.5. The number of carbonyl (C=O) groups is 1. The third kappa shape index (κ3) is 11.7. The molecule has 0 aliphatic carbocycles. The van der Waals surface area contributed by atoms with Gasteiger partial charge in [-0.1, -0.05) is 97.1 Å². The van der Waals surface area contributed by atoms with E-state index in [2.05, 4.69) is 99.0 Å². The van der Waals surface area contributed by atoms with Crippen LogP contribution in [0.5, 0.6) is 0 Å². The lowest BCUT2D eigenvalue weighted by Crippen LogP contribution is -2.43. The van der Waals surface area contributed by atoms with Crippen LogP contribution in [-0.2, 0) is 13.6 Å². The smallest absolute Gasteiger partial charge is 0.192 e. The summed E-state index contributed by atoms with van der Waals surface area (Å²) in [4.78, 5) is 11.1. The lowest BCUT2D eigenvalue weighted by molar-refractivity contribution is -0.108. The Bertz CT molecular complexity index is 659. The van der Waals surface area contributed by atoms with Crippen molar-refractivity contribution in [3.8, 4) is 0 Å². The first kappa shape index (κ1) is 31.0. The molecule has 0 heterocycles. The number of aldehydes is 1. The van der Waals surface area contributed by atoms with E-state index in [9.17, 15) is 4.79 Å². The normalized spacial score (nSPS) is 16.6. The van der Waals surface area contributed by atoms with Crippen molar-refractivity contribution in [1.29, 1.82) is 0 Å². The minimum Gasteiger partial charge on any atom is -0.410 e. The van der Waals surface area contributed by atoms with Crippen molar-refractivity contribution in [3.05, 3.63) is 48.6 Å². The van der Waals surface area contributed by atoms with Gasteiger partial charge in [0.05, 0.1) is 12.2 Å². The number of hydrogen-bond donors (Lipinski definition) is 0. The van der Waals surface area contributed by atoms with Crippen molar-refractivity contribution < 1.29 is 13.6 Å². The van der Waals surface area contributed by atoms with E-state index in [0.717, 1.165) is 19.1 Å². The lowest BCUT2D eigenvalue weighted by atomic mass is 10.2. The van der Waals surface area contributed by atoms with Gasteiger partial charge >= 0.3 is 0 Å². The Hall–Kier alpha value is -1.02. The summed E-state index contributed by atoms with van der Waals surface area (Å²) in [6.07, 6.45) is 19.8. The van der Waals surface area contributed by atoms with E-state index in [-0.39, 0.29) is 22.3 Å². The number of hydrogen-bond acceptors (Lipinski definition) is 3. The summed E-state index contributed by atoms with van der Waals surface area (Å²) >= 11 is 0. The van der Waals surface area contributed by atoms with Crippen LogP contribution in [0.3, 0.4) is 0 Å². The molecule has 5 heteroatoms. The van der Waals surface area contributed by atoms with Crippen molar-refractivity contribution in [1.82, 2.24) is 0 Å². The van der Waals surface area contributed by atoms with E-state index in [1.807, 2.05) is 24.3 Å². The Labute approximate surface area is 201 Å². The van der Waals surface area contributed by atoms with Crippen LogP contribution >= 0.6 is 0 Å². The molecule has 0 aromatic heterocycles. The maximum atomic E-state index is 11.1. The zero-order valence-electron chi connectivity index (χ0n) is 22.7. The molecule has 0 N–H and O–H groups in total. The molecule has 0 saturated heterocycles. The van der Waals surface area contributed by atoms with E-state index in [0.29, 0.717) is 6.42 Å². The summed E-state index contributed by atoms with van der Waals surface area (Å²) < 4.78 is 13.0. The Morgan fingerprint density at radius 2 is 1.09 bits per heavy atom. The molecule has 0 aliphatic heterocycles. The molecule has 0 radical (unpaired) electrons. The molecule has 0 spiro atoms. The molecule has 0 bridgehead atoms. The Morgan fingerprint density at radius 1 is 0.688 bits per heavy atom. The Balaban J connectivity index is 5.18. The SMILES string of the molecule is CC/C=C\C[C@@H](/C=C/C=C\C=C\[C@H](CC=O)O[Si](C)(C)C(C)(C)C)O[Si](C)(C)C(C)(C)C. The molecule has 32 heavy (non-hydrogen) atoms. The summed E-state index contributed by atoms with van der Waals surface area (Å²) in [7, 11) is -3.75. The van der Waals surface area contributed by atoms with Gasteiger partial charge in [0.25, 0.3) is 0 Å². The molecule has 0 fully saturated rings. The summed E-state index contributed by atoms with van der Waals surface area (Å²) in [6, 6.07) is 0. The highest BCUT2D eigenvalue weighted by molar-refractivity contribution is 6.74. The fourth-order valence-corrected chi connectivity index (χ4v) is 5.01. The molecule has 0 aromatic carbocycles. The van der Waals surface area contributed by atoms with Crippen LogP contribution in [0.2, 0.25) is 36.3 Å². The number of allylic oxidation sites excluding steroid dienone is 5.